The minimum Gasteiger partial charge on any atom is -0.497 e. The lowest BCUT2D eigenvalue weighted by molar-refractivity contribution is -0.122. The second kappa shape index (κ2) is 7.04. The molecule has 0 aliphatic carbocycles. The number of hydrogen-bond acceptors (Lipinski definition) is 4. The van der Waals surface area contributed by atoms with Crippen molar-refractivity contribution in [2.24, 2.45) is 5.92 Å². The highest BCUT2D eigenvalue weighted by Gasteiger charge is 2.27. The number of aliphatic hydroxyl groups is 1. The van der Waals surface area contributed by atoms with Crippen LogP contribution >= 0.6 is 0 Å². The highest BCUT2D eigenvalue weighted by atomic mass is 16.5. The average Bonchev–Trinajstić information content (AvgIpc) is 2.94. The number of furan rings is 1. The van der Waals surface area contributed by atoms with Crippen molar-refractivity contribution in [1.29, 1.82) is 0 Å². The van der Waals surface area contributed by atoms with E-state index in [2.05, 4.69) is 5.32 Å². The SMILES string of the molecule is CCC(C)C(C)(O)CNC(=O)Cc1coc2cc(OC)ccc12. The molecule has 126 valence electrons. The lowest BCUT2D eigenvalue weighted by Gasteiger charge is -2.29. The van der Waals surface area contributed by atoms with Gasteiger partial charge in [0.1, 0.15) is 11.3 Å². The fourth-order valence-corrected chi connectivity index (χ4v) is 2.45. The summed E-state index contributed by atoms with van der Waals surface area (Å²) in [6.45, 7) is 5.99. The van der Waals surface area contributed by atoms with E-state index in [1.165, 1.54) is 0 Å². The molecule has 2 unspecified atom stereocenters. The lowest BCUT2D eigenvalue weighted by atomic mass is 9.88. The molecule has 0 aliphatic rings. The molecule has 2 aromatic rings. The largest absolute Gasteiger partial charge is 0.497 e. The van der Waals surface area contributed by atoms with E-state index < -0.39 is 5.60 Å². The van der Waals surface area contributed by atoms with Gasteiger partial charge in [-0.1, -0.05) is 20.3 Å². The standard InChI is InChI=1S/C18H25NO4/c1-5-12(2)18(3,21)11-19-17(20)8-13-10-23-16-9-14(22-4)6-7-15(13)16/h6-7,9-10,12,21H,5,8,11H2,1-4H3,(H,19,20). The molecule has 2 rings (SSSR count). The second-order valence-electron chi connectivity index (χ2n) is 6.24. The van der Waals surface area contributed by atoms with Crippen LogP contribution in [0.4, 0.5) is 0 Å². The number of ether oxygens (including phenoxy) is 1. The minimum atomic E-state index is -0.907. The molecule has 1 amide bonds. The summed E-state index contributed by atoms with van der Waals surface area (Å²) in [5.74, 6) is 0.699. The molecule has 0 saturated carbocycles. The molecule has 1 heterocycles. The second-order valence-corrected chi connectivity index (χ2v) is 6.24. The molecular weight excluding hydrogens is 294 g/mol. The summed E-state index contributed by atoms with van der Waals surface area (Å²) in [5.41, 5.74) is 0.609. The van der Waals surface area contributed by atoms with Crippen molar-refractivity contribution in [2.45, 2.75) is 39.2 Å². The molecule has 0 fully saturated rings. The van der Waals surface area contributed by atoms with Gasteiger partial charge >= 0.3 is 0 Å². The highest BCUT2D eigenvalue weighted by Crippen LogP contribution is 2.26. The Morgan fingerprint density at radius 3 is 2.87 bits per heavy atom. The first-order chi connectivity index (χ1) is 10.9. The molecule has 5 heteroatoms. The molecule has 0 spiro atoms. The predicted molar refractivity (Wildman–Crippen MR) is 89.6 cm³/mol. The average molecular weight is 319 g/mol. The van der Waals surface area contributed by atoms with Crippen molar-refractivity contribution in [1.82, 2.24) is 5.32 Å². The maximum Gasteiger partial charge on any atom is 0.224 e. The Morgan fingerprint density at radius 2 is 2.22 bits per heavy atom. The third-order valence-corrected chi connectivity index (χ3v) is 4.53. The zero-order chi connectivity index (χ0) is 17.0. The molecule has 1 aromatic heterocycles. The molecule has 0 aliphatic heterocycles. The number of carbonyl (C=O) groups excluding carboxylic acids is 1. The Kier molecular flexibility index (Phi) is 5.31. The fourth-order valence-electron chi connectivity index (χ4n) is 2.45. The zero-order valence-electron chi connectivity index (χ0n) is 14.2. The molecule has 2 atom stereocenters. The van der Waals surface area contributed by atoms with Gasteiger partial charge in [0.2, 0.25) is 5.91 Å². The van der Waals surface area contributed by atoms with Crippen LogP contribution in [0.1, 0.15) is 32.8 Å². The first-order valence-electron chi connectivity index (χ1n) is 7.90. The molecule has 1 aromatic carbocycles. The highest BCUT2D eigenvalue weighted by molar-refractivity contribution is 5.88. The van der Waals surface area contributed by atoms with Crippen LogP contribution in [-0.2, 0) is 11.2 Å². The summed E-state index contributed by atoms with van der Waals surface area (Å²) < 4.78 is 10.6. The van der Waals surface area contributed by atoms with Crippen molar-refractivity contribution in [3.8, 4) is 5.75 Å². The molecule has 5 nitrogen and oxygen atoms in total. The Labute approximate surface area is 136 Å². The van der Waals surface area contributed by atoms with Crippen molar-refractivity contribution in [2.75, 3.05) is 13.7 Å². The Balaban J connectivity index is 2.01. The number of nitrogens with one attached hydrogen (secondary N) is 1. The van der Waals surface area contributed by atoms with E-state index in [-0.39, 0.29) is 24.8 Å². The molecule has 0 saturated heterocycles. The number of benzene rings is 1. The number of amides is 1. The first-order valence-corrected chi connectivity index (χ1v) is 7.90. The Morgan fingerprint density at radius 1 is 1.48 bits per heavy atom. The zero-order valence-corrected chi connectivity index (χ0v) is 14.2. The van der Waals surface area contributed by atoms with Gasteiger partial charge in [0.25, 0.3) is 0 Å². The molecule has 0 bridgehead atoms. The monoisotopic (exact) mass is 319 g/mol. The molecule has 23 heavy (non-hydrogen) atoms. The predicted octanol–water partition coefficient (Wildman–Crippen LogP) is 2.90. The van der Waals surface area contributed by atoms with Gasteiger partial charge in [-0.2, -0.15) is 0 Å². The maximum absolute atomic E-state index is 12.1. The van der Waals surface area contributed by atoms with E-state index in [9.17, 15) is 9.90 Å². The summed E-state index contributed by atoms with van der Waals surface area (Å²) in [6.07, 6.45) is 2.67. The molecule has 0 radical (unpaired) electrons. The smallest absolute Gasteiger partial charge is 0.224 e. The number of rotatable bonds is 7. The van der Waals surface area contributed by atoms with Gasteiger partial charge in [-0.15, -0.1) is 0 Å². The Bertz CT molecular complexity index is 675. The summed E-state index contributed by atoms with van der Waals surface area (Å²) in [5, 5.41) is 14.0. The summed E-state index contributed by atoms with van der Waals surface area (Å²) in [4.78, 5) is 12.1. The number of methoxy groups -OCH3 is 1. The Hall–Kier alpha value is -2.01. The van der Waals surface area contributed by atoms with Crippen LogP contribution < -0.4 is 10.1 Å². The van der Waals surface area contributed by atoms with Gasteiger partial charge in [-0.25, -0.2) is 0 Å². The quantitative estimate of drug-likeness (QED) is 0.823. The van der Waals surface area contributed by atoms with Gasteiger partial charge in [-0.05, 0) is 25.0 Å². The summed E-state index contributed by atoms with van der Waals surface area (Å²) >= 11 is 0. The molecule has 2 N–H and O–H groups in total. The van der Waals surface area contributed by atoms with E-state index in [0.29, 0.717) is 11.3 Å². The van der Waals surface area contributed by atoms with Crippen LogP contribution in [0.2, 0.25) is 0 Å². The van der Waals surface area contributed by atoms with Gasteiger partial charge in [-0.3, -0.25) is 4.79 Å². The van der Waals surface area contributed by atoms with Gasteiger partial charge in [0.15, 0.2) is 0 Å². The van der Waals surface area contributed by atoms with Crippen LogP contribution in [0, 0.1) is 5.92 Å². The van der Waals surface area contributed by atoms with Crippen molar-refractivity contribution < 1.29 is 19.1 Å². The van der Waals surface area contributed by atoms with Crippen molar-refractivity contribution in [3.05, 3.63) is 30.0 Å². The van der Waals surface area contributed by atoms with Gasteiger partial charge < -0.3 is 19.6 Å². The topological polar surface area (TPSA) is 71.7 Å². The van der Waals surface area contributed by atoms with Gasteiger partial charge in [0.05, 0.1) is 25.4 Å². The van der Waals surface area contributed by atoms with Crippen LogP contribution in [0.3, 0.4) is 0 Å². The van der Waals surface area contributed by atoms with Crippen LogP contribution in [0.25, 0.3) is 11.0 Å². The minimum absolute atomic E-state index is 0.116. The van der Waals surface area contributed by atoms with Crippen LogP contribution in [0.15, 0.2) is 28.9 Å². The number of hydrogen-bond donors (Lipinski definition) is 2. The van der Waals surface area contributed by atoms with Crippen molar-refractivity contribution in [3.63, 3.8) is 0 Å². The maximum atomic E-state index is 12.1. The van der Waals surface area contributed by atoms with E-state index in [1.54, 1.807) is 26.4 Å². The molecular formula is C18H25NO4. The third kappa shape index (κ3) is 4.05. The fraction of sp³-hybridized carbons (Fsp3) is 0.500. The number of fused-ring (bicyclic) bond motifs is 1. The van der Waals surface area contributed by atoms with Crippen LogP contribution in [0.5, 0.6) is 5.75 Å². The van der Waals surface area contributed by atoms with Crippen molar-refractivity contribution >= 4 is 16.9 Å². The van der Waals surface area contributed by atoms with Crippen LogP contribution in [-0.4, -0.2) is 30.3 Å². The van der Waals surface area contributed by atoms with E-state index in [1.807, 2.05) is 26.0 Å². The van der Waals surface area contributed by atoms with E-state index in [0.717, 1.165) is 17.4 Å². The van der Waals surface area contributed by atoms with E-state index in [4.69, 9.17) is 9.15 Å². The summed E-state index contributed by atoms with van der Waals surface area (Å²) in [6, 6.07) is 5.52. The lowest BCUT2D eigenvalue weighted by Crippen LogP contribution is -2.45. The number of carbonyl (C=O) groups is 1. The first kappa shape index (κ1) is 17.3. The normalized spacial score (nSPS) is 15.2. The van der Waals surface area contributed by atoms with Gasteiger partial charge in [0, 0.05) is 23.6 Å². The van der Waals surface area contributed by atoms with E-state index >= 15 is 0 Å². The summed E-state index contributed by atoms with van der Waals surface area (Å²) in [7, 11) is 1.60. The third-order valence-electron chi connectivity index (χ3n) is 4.53.